The summed E-state index contributed by atoms with van der Waals surface area (Å²) < 4.78 is 21.3. The van der Waals surface area contributed by atoms with E-state index in [1.165, 1.54) is 44.9 Å². The van der Waals surface area contributed by atoms with Crippen LogP contribution in [0.1, 0.15) is 84.1 Å². The Morgan fingerprint density at radius 2 is 1.68 bits per heavy atom. The number of phosphoric acid groups is 1. The molecule has 0 saturated heterocycles. The first-order valence-corrected chi connectivity index (χ1v) is 13.9. The van der Waals surface area contributed by atoms with Crippen molar-refractivity contribution >= 4 is 13.7 Å². The molecule has 0 radical (unpaired) electrons. The summed E-state index contributed by atoms with van der Waals surface area (Å²) in [5, 5.41) is 0. The molecule has 0 spiro atoms. The summed E-state index contributed by atoms with van der Waals surface area (Å²) in [7, 11) is -4.53. The molecule has 1 aromatic rings. The molecule has 0 heterocycles. The van der Waals surface area contributed by atoms with Crippen molar-refractivity contribution in [3.05, 3.63) is 29.8 Å². The Kier molecular flexibility index (Phi) is 18.0. The zero-order valence-corrected chi connectivity index (χ0v) is 22.3. The molecule has 0 bridgehead atoms. The van der Waals surface area contributed by atoms with Crippen LogP contribution >= 0.6 is 7.82 Å². The molecule has 9 heteroatoms. The number of carbonyl (C=O) groups is 1. The van der Waals surface area contributed by atoms with Gasteiger partial charge < -0.3 is 25.6 Å². The number of amides is 1. The van der Waals surface area contributed by atoms with Gasteiger partial charge in [-0.1, -0.05) is 77.8 Å². The van der Waals surface area contributed by atoms with Crippen LogP contribution in [0, 0.1) is 5.92 Å². The Morgan fingerprint density at radius 1 is 1.03 bits per heavy atom. The fraction of sp³-hybridized carbons (Fsp3) is 0.720. The number of carbonyl (C=O) groups excluding carboxylic acids is 1. The minimum atomic E-state index is -4.53. The number of nitrogens with zero attached hydrogens (tertiary/aromatic N) is 1. The molecule has 0 fully saturated rings. The van der Waals surface area contributed by atoms with Crippen LogP contribution in [0.15, 0.2) is 24.3 Å². The molecule has 5 N–H and O–H groups in total. The van der Waals surface area contributed by atoms with Crippen LogP contribution in [0.2, 0.25) is 0 Å². The largest absolute Gasteiger partial charge is 0.494 e. The number of unbranched alkanes of at least 4 members (excludes halogenated alkanes) is 7. The fourth-order valence-electron chi connectivity index (χ4n) is 3.65. The number of aryl methyl sites for hydroxylation is 1. The number of phosphoric ester groups is 1. The van der Waals surface area contributed by atoms with Gasteiger partial charge >= 0.3 is 7.82 Å². The lowest BCUT2D eigenvalue weighted by Crippen LogP contribution is -2.36. The topological polar surface area (TPSA) is 131 Å². The molecule has 0 aliphatic rings. The molecular formula is C25H47N2O6P. The van der Waals surface area contributed by atoms with E-state index in [-0.39, 0.29) is 31.1 Å². The Balaban J connectivity index is 0.0000109. The zero-order chi connectivity index (χ0) is 24.5. The van der Waals surface area contributed by atoms with E-state index in [1.807, 2.05) is 38.1 Å². The van der Waals surface area contributed by atoms with Crippen molar-refractivity contribution in [2.45, 2.75) is 85.0 Å². The second kappa shape index (κ2) is 18.8. The van der Waals surface area contributed by atoms with Gasteiger partial charge in [-0.15, -0.1) is 0 Å². The number of hydrogen-bond acceptors (Lipinski definition) is 5. The third-order valence-electron chi connectivity index (χ3n) is 5.35. The molecule has 1 rings (SSSR count). The van der Waals surface area contributed by atoms with E-state index in [2.05, 4.69) is 11.4 Å². The predicted octanol–water partition coefficient (Wildman–Crippen LogP) is 5.89. The third-order valence-corrected chi connectivity index (χ3v) is 5.87. The summed E-state index contributed by atoms with van der Waals surface area (Å²) in [5.41, 5.74) is 1.03. The predicted molar refractivity (Wildman–Crippen MR) is 137 cm³/mol. The van der Waals surface area contributed by atoms with Gasteiger partial charge in [0.2, 0.25) is 5.91 Å². The van der Waals surface area contributed by atoms with Gasteiger partial charge in [0, 0.05) is 19.5 Å². The van der Waals surface area contributed by atoms with Gasteiger partial charge in [0.05, 0.1) is 13.2 Å². The lowest BCUT2D eigenvalue weighted by Gasteiger charge is -2.24. The van der Waals surface area contributed by atoms with Crippen molar-refractivity contribution in [3.8, 4) is 5.75 Å². The SMILES string of the molecule is CCCCCCCCCCOc1cccc(CCC(=O)N(CCOP(=O)(O)O)CC(C)C)c1.N. The van der Waals surface area contributed by atoms with Crippen LogP contribution in [0.25, 0.3) is 0 Å². The molecule has 0 aromatic heterocycles. The molecular weight excluding hydrogens is 455 g/mol. The standard InChI is InChI=1S/C25H44NO6P.H3N/c1-4-5-6-7-8-9-10-11-18-31-24-14-12-13-23(20-24)15-16-25(27)26(21-22(2)3)17-19-32-33(28,29)30;/h12-14,20,22H,4-11,15-19,21H2,1-3H3,(H2,28,29,30);1H3. The van der Waals surface area contributed by atoms with Gasteiger partial charge in [0.15, 0.2) is 0 Å². The lowest BCUT2D eigenvalue weighted by molar-refractivity contribution is -0.132. The van der Waals surface area contributed by atoms with Crippen molar-refractivity contribution in [3.63, 3.8) is 0 Å². The monoisotopic (exact) mass is 502 g/mol. The summed E-state index contributed by atoms with van der Waals surface area (Å²) in [6.45, 7) is 7.42. The first kappa shape index (κ1) is 32.6. The van der Waals surface area contributed by atoms with Crippen LogP contribution < -0.4 is 10.9 Å². The van der Waals surface area contributed by atoms with Gasteiger partial charge in [-0.25, -0.2) is 4.57 Å². The Hall–Kier alpha value is -1.44. The van der Waals surface area contributed by atoms with E-state index in [9.17, 15) is 9.36 Å². The summed E-state index contributed by atoms with van der Waals surface area (Å²) >= 11 is 0. The fourth-order valence-corrected chi connectivity index (χ4v) is 3.97. The number of ether oxygens (including phenoxy) is 1. The molecule has 34 heavy (non-hydrogen) atoms. The average molecular weight is 503 g/mol. The molecule has 1 amide bonds. The Bertz CT molecular complexity index is 710. The molecule has 0 atom stereocenters. The van der Waals surface area contributed by atoms with Gasteiger partial charge in [-0.3, -0.25) is 9.32 Å². The zero-order valence-electron chi connectivity index (χ0n) is 21.4. The average Bonchev–Trinajstić information content (AvgIpc) is 2.75. The van der Waals surface area contributed by atoms with E-state index < -0.39 is 7.82 Å². The quantitative estimate of drug-likeness (QED) is 0.159. The molecule has 198 valence electrons. The normalized spacial score (nSPS) is 11.4. The first-order chi connectivity index (χ1) is 15.7. The van der Waals surface area contributed by atoms with Gasteiger partial charge in [-0.05, 0) is 36.5 Å². The van der Waals surface area contributed by atoms with Crippen LogP contribution in [0.5, 0.6) is 5.75 Å². The van der Waals surface area contributed by atoms with Crippen LogP contribution in [-0.4, -0.2) is 46.9 Å². The summed E-state index contributed by atoms with van der Waals surface area (Å²) in [4.78, 5) is 32.0. The van der Waals surface area contributed by atoms with Gasteiger partial charge in [0.25, 0.3) is 0 Å². The van der Waals surface area contributed by atoms with Crippen molar-refractivity contribution in [1.29, 1.82) is 0 Å². The summed E-state index contributed by atoms with van der Waals surface area (Å²) in [6.07, 6.45) is 11.0. The molecule has 0 aliphatic heterocycles. The van der Waals surface area contributed by atoms with Crippen LogP contribution in [0.4, 0.5) is 0 Å². The molecule has 0 saturated carbocycles. The summed E-state index contributed by atoms with van der Waals surface area (Å²) in [6, 6.07) is 7.87. The maximum absolute atomic E-state index is 12.7. The van der Waals surface area contributed by atoms with Crippen LogP contribution in [-0.2, 0) is 20.3 Å². The highest BCUT2D eigenvalue weighted by Gasteiger charge is 2.18. The van der Waals surface area contributed by atoms with E-state index in [0.29, 0.717) is 26.0 Å². The van der Waals surface area contributed by atoms with Gasteiger partial charge in [-0.2, -0.15) is 0 Å². The Morgan fingerprint density at radius 3 is 2.29 bits per heavy atom. The highest BCUT2D eigenvalue weighted by Crippen LogP contribution is 2.35. The number of hydrogen-bond donors (Lipinski definition) is 3. The second-order valence-corrected chi connectivity index (χ2v) is 10.3. The Labute approximate surface area is 206 Å². The minimum Gasteiger partial charge on any atom is -0.494 e. The van der Waals surface area contributed by atoms with Crippen molar-refractivity contribution in [2.75, 3.05) is 26.3 Å². The van der Waals surface area contributed by atoms with Crippen molar-refractivity contribution in [1.82, 2.24) is 11.1 Å². The highest BCUT2D eigenvalue weighted by atomic mass is 31.2. The lowest BCUT2D eigenvalue weighted by atomic mass is 10.1. The third kappa shape index (κ3) is 17.1. The highest BCUT2D eigenvalue weighted by molar-refractivity contribution is 7.46. The van der Waals surface area contributed by atoms with E-state index in [0.717, 1.165) is 17.7 Å². The van der Waals surface area contributed by atoms with Crippen molar-refractivity contribution in [2.24, 2.45) is 5.92 Å². The smallest absolute Gasteiger partial charge is 0.469 e. The van der Waals surface area contributed by atoms with E-state index in [4.69, 9.17) is 14.5 Å². The van der Waals surface area contributed by atoms with Gasteiger partial charge in [0.1, 0.15) is 5.75 Å². The number of rotatable bonds is 19. The number of benzene rings is 1. The van der Waals surface area contributed by atoms with E-state index >= 15 is 0 Å². The van der Waals surface area contributed by atoms with E-state index in [1.54, 1.807) is 4.90 Å². The minimum absolute atomic E-state index is 0. The second-order valence-electron chi connectivity index (χ2n) is 9.03. The molecule has 0 unspecified atom stereocenters. The maximum Gasteiger partial charge on any atom is 0.469 e. The summed E-state index contributed by atoms with van der Waals surface area (Å²) in [5.74, 6) is 1.03. The maximum atomic E-state index is 12.7. The van der Waals surface area contributed by atoms with Crippen LogP contribution in [0.3, 0.4) is 0 Å². The molecule has 8 nitrogen and oxygen atoms in total. The first-order valence-electron chi connectivity index (χ1n) is 12.4. The van der Waals surface area contributed by atoms with Crippen molar-refractivity contribution < 1.29 is 28.4 Å². The molecule has 0 aliphatic carbocycles. The molecule has 1 aromatic carbocycles.